The second-order valence-corrected chi connectivity index (χ2v) is 3.21. The minimum atomic E-state index is -1.23. The molecule has 0 bridgehead atoms. The van der Waals surface area contributed by atoms with Gasteiger partial charge in [0.1, 0.15) is 11.7 Å². The molecule has 16 heavy (non-hydrogen) atoms. The van der Waals surface area contributed by atoms with E-state index in [1.54, 1.807) is 0 Å². The van der Waals surface area contributed by atoms with Crippen LogP contribution < -0.4 is 5.73 Å². The first-order valence-corrected chi connectivity index (χ1v) is 4.32. The lowest BCUT2D eigenvalue weighted by molar-refractivity contribution is -0.138. The normalized spacial score (nSPS) is 12.1. The summed E-state index contributed by atoms with van der Waals surface area (Å²) in [6.07, 6.45) is -0.162. The second-order valence-electron chi connectivity index (χ2n) is 3.21. The number of nitroso groups, excluding NO2 is 1. The summed E-state index contributed by atoms with van der Waals surface area (Å²) >= 11 is 0. The van der Waals surface area contributed by atoms with Gasteiger partial charge in [0.2, 0.25) is 0 Å². The molecule has 0 radical (unpaired) electrons. The van der Waals surface area contributed by atoms with E-state index < -0.39 is 23.5 Å². The largest absolute Gasteiger partial charge is 0.504 e. The van der Waals surface area contributed by atoms with Crippen LogP contribution in [0.15, 0.2) is 17.3 Å². The van der Waals surface area contributed by atoms with Gasteiger partial charge in [-0.15, -0.1) is 4.91 Å². The summed E-state index contributed by atoms with van der Waals surface area (Å²) in [6.45, 7) is 0. The maximum atomic E-state index is 10.5. The number of phenolic OH excluding ortho intramolecular Hbond substituents is 2. The van der Waals surface area contributed by atoms with Gasteiger partial charge in [-0.05, 0) is 16.8 Å². The van der Waals surface area contributed by atoms with Gasteiger partial charge < -0.3 is 21.1 Å². The highest BCUT2D eigenvalue weighted by Gasteiger charge is 2.17. The number of aliphatic carboxylic acids is 1. The fraction of sp³-hybridized carbons (Fsp3) is 0.222. The van der Waals surface area contributed by atoms with Crippen molar-refractivity contribution in [3.05, 3.63) is 22.6 Å². The van der Waals surface area contributed by atoms with Crippen molar-refractivity contribution in [1.82, 2.24) is 0 Å². The van der Waals surface area contributed by atoms with E-state index in [0.717, 1.165) is 12.1 Å². The topological polar surface area (TPSA) is 133 Å². The van der Waals surface area contributed by atoms with Crippen molar-refractivity contribution < 1.29 is 20.1 Å². The molecule has 7 heteroatoms. The molecule has 0 fully saturated rings. The van der Waals surface area contributed by atoms with Gasteiger partial charge in [-0.25, -0.2) is 0 Å². The number of carboxylic acid groups (broad SMARTS) is 1. The third kappa shape index (κ3) is 2.45. The predicted octanol–water partition coefficient (Wildman–Crippen LogP) is 0.450. The maximum Gasteiger partial charge on any atom is 0.320 e. The molecule has 0 spiro atoms. The molecular formula is C9H10N2O5. The van der Waals surface area contributed by atoms with Crippen molar-refractivity contribution in [2.45, 2.75) is 12.5 Å². The average Bonchev–Trinajstić information content (AvgIpc) is 2.22. The Morgan fingerprint density at radius 2 is 1.94 bits per heavy atom. The van der Waals surface area contributed by atoms with Crippen LogP contribution in [0.5, 0.6) is 11.5 Å². The first-order chi connectivity index (χ1) is 7.45. The minimum Gasteiger partial charge on any atom is -0.504 e. The van der Waals surface area contributed by atoms with Crippen LogP contribution in [-0.4, -0.2) is 27.3 Å². The molecule has 0 amide bonds. The zero-order valence-electron chi connectivity index (χ0n) is 8.12. The highest BCUT2D eigenvalue weighted by Crippen LogP contribution is 2.33. The standard InChI is InChI=1S/C9H10N2O5/c10-5(9(14)15)1-4-2-7(12)8(13)3-6(4)11-16/h2-3,5,12-13H,1,10H2,(H,14,15). The number of aromatic hydroxyl groups is 2. The Kier molecular flexibility index (Phi) is 3.41. The van der Waals surface area contributed by atoms with Gasteiger partial charge in [0.15, 0.2) is 11.5 Å². The summed E-state index contributed by atoms with van der Waals surface area (Å²) in [6, 6.07) is 0.811. The number of carbonyl (C=O) groups is 1. The molecule has 0 heterocycles. The highest BCUT2D eigenvalue weighted by molar-refractivity contribution is 5.74. The summed E-state index contributed by atoms with van der Waals surface area (Å²) in [5.74, 6) is -2.19. The quantitative estimate of drug-likeness (QED) is 0.435. The van der Waals surface area contributed by atoms with Crippen molar-refractivity contribution >= 4 is 11.7 Å². The lowest BCUT2D eigenvalue weighted by atomic mass is 10.0. The second kappa shape index (κ2) is 4.58. The number of nitrogens with two attached hydrogens (primary N) is 1. The summed E-state index contributed by atoms with van der Waals surface area (Å²) in [5, 5.41) is 29.5. The molecule has 7 nitrogen and oxygen atoms in total. The molecule has 0 saturated carbocycles. The average molecular weight is 226 g/mol. The van der Waals surface area contributed by atoms with E-state index in [9.17, 15) is 14.8 Å². The fourth-order valence-corrected chi connectivity index (χ4v) is 1.18. The smallest absolute Gasteiger partial charge is 0.320 e. The van der Waals surface area contributed by atoms with Gasteiger partial charge in [-0.2, -0.15) is 0 Å². The van der Waals surface area contributed by atoms with Gasteiger partial charge in [0.25, 0.3) is 0 Å². The van der Waals surface area contributed by atoms with Gasteiger partial charge >= 0.3 is 5.97 Å². The van der Waals surface area contributed by atoms with Crippen LogP contribution in [0.25, 0.3) is 0 Å². The number of rotatable bonds is 4. The summed E-state index contributed by atoms with van der Waals surface area (Å²) < 4.78 is 0. The van der Waals surface area contributed by atoms with Crippen LogP contribution in [-0.2, 0) is 11.2 Å². The number of carboxylic acids is 1. The lowest BCUT2D eigenvalue weighted by Gasteiger charge is -2.09. The molecule has 1 aromatic rings. The molecule has 5 N–H and O–H groups in total. The van der Waals surface area contributed by atoms with E-state index in [4.69, 9.17) is 15.9 Å². The number of nitrogens with zero attached hydrogens (tertiary/aromatic N) is 1. The number of benzene rings is 1. The first kappa shape index (κ1) is 11.9. The van der Waals surface area contributed by atoms with Crippen LogP contribution in [0, 0.1) is 4.91 Å². The maximum absolute atomic E-state index is 10.5. The zero-order valence-corrected chi connectivity index (χ0v) is 8.12. The number of phenols is 2. The SMILES string of the molecule is NC(Cc1cc(O)c(O)cc1N=O)C(=O)O. The Bertz CT molecular complexity index is 432. The molecule has 0 aliphatic carbocycles. The lowest BCUT2D eigenvalue weighted by Crippen LogP contribution is -2.32. The van der Waals surface area contributed by atoms with E-state index in [0.29, 0.717) is 0 Å². The number of hydrogen-bond donors (Lipinski definition) is 4. The van der Waals surface area contributed by atoms with Crippen LogP contribution in [0.3, 0.4) is 0 Å². The predicted molar refractivity (Wildman–Crippen MR) is 54.5 cm³/mol. The third-order valence-electron chi connectivity index (χ3n) is 2.03. The van der Waals surface area contributed by atoms with Crippen molar-refractivity contribution in [2.24, 2.45) is 10.9 Å². The molecule has 1 atom stereocenters. The summed E-state index contributed by atoms with van der Waals surface area (Å²) in [7, 11) is 0. The first-order valence-electron chi connectivity index (χ1n) is 4.32. The molecule has 1 aromatic carbocycles. The monoisotopic (exact) mass is 226 g/mol. The van der Waals surface area contributed by atoms with Crippen molar-refractivity contribution in [3.63, 3.8) is 0 Å². The van der Waals surface area contributed by atoms with Gasteiger partial charge in [0, 0.05) is 12.5 Å². The van der Waals surface area contributed by atoms with Crippen molar-refractivity contribution in [1.29, 1.82) is 0 Å². The molecule has 86 valence electrons. The third-order valence-corrected chi connectivity index (χ3v) is 2.03. The molecule has 0 aromatic heterocycles. The van der Waals surface area contributed by atoms with E-state index in [2.05, 4.69) is 5.18 Å². The molecule has 0 aliphatic rings. The molecule has 1 unspecified atom stereocenters. The van der Waals surface area contributed by atoms with Gasteiger partial charge in [0.05, 0.1) is 0 Å². The highest BCUT2D eigenvalue weighted by atomic mass is 16.4. The molecule has 0 saturated heterocycles. The van der Waals surface area contributed by atoms with Crippen LogP contribution in [0.1, 0.15) is 5.56 Å². The van der Waals surface area contributed by atoms with Crippen LogP contribution >= 0.6 is 0 Å². The van der Waals surface area contributed by atoms with E-state index in [1.807, 2.05) is 0 Å². The van der Waals surface area contributed by atoms with Gasteiger partial charge in [-0.3, -0.25) is 4.79 Å². The zero-order chi connectivity index (χ0) is 12.3. The van der Waals surface area contributed by atoms with E-state index in [1.165, 1.54) is 0 Å². The van der Waals surface area contributed by atoms with Crippen molar-refractivity contribution in [2.75, 3.05) is 0 Å². The minimum absolute atomic E-state index is 0.146. The summed E-state index contributed by atoms with van der Waals surface area (Å²) in [5.41, 5.74) is 5.29. The Morgan fingerprint density at radius 1 is 1.38 bits per heavy atom. The molecule has 1 rings (SSSR count). The van der Waals surface area contributed by atoms with Gasteiger partial charge in [-0.1, -0.05) is 0 Å². The Morgan fingerprint density at radius 3 is 2.44 bits per heavy atom. The summed E-state index contributed by atoms with van der Waals surface area (Å²) in [4.78, 5) is 20.9. The van der Waals surface area contributed by atoms with Crippen LogP contribution in [0.2, 0.25) is 0 Å². The number of hydrogen-bond acceptors (Lipinski definition) is 6. The molecular weight excluding hydrogens is 216 g/mol. The fourth-order valence-electron chi connectivity index (χ4n) is 1.18. The Balaban J connectivity index is 3.07. The van der Waals surface area contributed by atoms with Crippen molar-refractivity contribution in [3.8, 4) is 11.5 Å². The van der Waals surface area contributed by atoms with E-state index >= 15 is 0 Å². The Hall–Kier alpha value is -2.15. The van der Waals surface area contributed by atoms with Crippen LogP contribution in [0.4, 0.5) is 5.69 Å². The Labute approximate surface area is 90.1 Å². The molecule has 0 aliphatic heterocycles. The van der Waals surface area contributed by atoms with E-state index in [-0.39, 0.29) is 17.7 Å².